The molecule has 44 heavy (non-hydrogen) atoms. The Hall–Kier alpha value is -3.79. The average Bonchev–Trinajstić information content (AvgIpc) is 3.27. The number of allylic oxidation sites excluding steroid dienone is 6. The van der Waals surface area contributed by atoms with Crippen LogP contribution in [0.2, 0.25) is 0 Å². The average molecular weight is 647 g/mol. The predicted molar refractivity (Wildman–Crippen MR) is 167 cm³/mol. The summed E-state index contributed by atoms with van der Waals surface area (Å²) in [6, 6.07) is 11.7. The van der Waals surface area contributed by atoms with Crippen LogP contribution in [0.1, 0.15) is 36.2 Å². The summed E-state index contributed by atoms with van der Waals surface area (Å²) in [7, 11) is -6.10. The van der Waals surface area contributed by atoms with Gasteiger partial charge in [-0.15, -0.1) is 10.6 Å². The summed E-state index contributed by atoms with van der Waals surface area (Å²) >= 11 is 0. The molecule has 2 aliphatic heterocycles. The number of carboxylic acids is 1. The first-order chi connectivity index (χ1) is 20.6. The van der Waals surface area contributed by atoms with E-state index in [0.29, 0.717) is 5.69 Å². The lowest BCUT2D eigenvalue weighted by Crippen LogP contribution is -2.31. The molecule has 236 valence electrons. The largest absolute Gasteiger partial charge is 0.480 e. The van der Waals surface area contributed by atoms with Crippen LogP contribution in [0.15, 0.2) is 82.3 Å². The number of amides is 1. The molecular weight excluding hydrogens is 612 g/mol. The third kappa shape index (κ3) is 6.80. The molecule has 0 aliphatic carbocycles. The maximum Gasteiger partial charge on any atom is 0.329 e. The van der Waals surface area contributed by atoms with Gasteiger partial charge in [-0.2, -0.15) is 8.42 Å². The minimum Gasteiger partial charge on any atom is -0.480 e. The minimum atomic E-state index is -4.19. The van der Waals surface area contributed by atoms with Crippen LogP contribution in [0.3, 0.4) is 0 Å². The molecule has 4 rings (SSSR count). The number of anilines is 2. The molecule has 0 saturated carbocycles. The zero-order valence-electron chi connectivity index (χ0n) is 24.3. The Morgan fingerprint density at radius 3 is 2.41 bits per heavy atom. The van der Waals surface area contributed by atoms with Crippen LogP contribution in [0, 0.1) is 0 Å². The summed E-state index contributed by atoms with van der Waals surface area (Å²) < 4.78 is 58.5. The van der Waals surface area contributed by atoms with Crippen molar-refractivity contribution in [1.82, 2.24) is 0 Å². The van der Waals surface area contributed by atoms with E-state index in [-0.39, 0.29) is 28.3 Å². The van der Waals surface area contributed by atoms with Gasteiger partial charge < -0.3 is 19.6 Å². The van der Waals surface area contributed by atoms with Crippen molar-refractivity contribution < 1.29 is 46.3 Å². The van der Waals surface area contributed by atoms with Gasteiger partial charge in [0.15, 0.2) is 0 Å². The number of fused-ring (bicyclic) bond motifs is 2. The first-order valence-corrected chi connectivity index (χ1v) is 16.7. The van der Waals surface area contributed by atoms with E-state index >= 15 is 0 Å². The zero-order valence-corrected chi connectivity index (χ0v) is 26.0. The van der Waals surface area contributed by atoms with Crippen molar-refractivity contribution in [2.75, 3.05) is 42.4 Å². The molecule has 2 aromatic rings. The maximum atomic E-state index is 12.8. The molecule has 0 spiro atoms. The number of nitrogens with zero attached hydrogens (tertiary/aromatic N) is 2. The fraction of sp³-hybridized carbons (Fsp3) is 0.300. The number of benzene rings is 2. The molecule has 1 amide bonds. The van der Waals surface area contributed by atoms with Gasteiger partial charge in [0.25, 0.3) is 16.0 Å². The van der Waals surface area contributed by atoms with Gasteiger partial charge in [-0.1, -0.05) is 38.1 Å². The lowest BCUT2D eigenvalue weighted by Gasteiger charge is -2.28. The van der Waals surface area contributed by atoms with Crippen molar-refractivity contribution in [3.8, 4) is 0 Å². The third-order valence-corrected chi connectivity index (χ3v) is 10.2. The van der Waals surface area contributed by atoms with Crippen molar-refractivity contribution in [2.24, 2.45) is 0 Å². The number of hydrogen-bond acceptors (Lipinski definition) is 9. The number of ether oxygens (including phenoxy) is 1. The van der Waals surface area contributed by atoms with Gasteiger partial charge in [0.1, 0.15) is 18.1 Å². The molecule has 2 heterocycles. The van der Waals surface area contributed by atoms with Crippen molar-refractivity contribution in [3.63, 3.8) is 0 Å². The highest BCUT2D eigenvalue weighted by Crippen LogP contribution is 2.62. The van der Waals surface area contributed by atoms with Gasteiger partial charge in [0.05, 0.1) is 10.6 Å². The van der Waals surface area contributed by atoms with Crippen LogP contribution < -0.4 is 9.80 Å². The Bertz CT molecular complexity index is 1690. The number of rotatable bonds is 11. The Morgan fingerprint density at radius 2 is 1.75 bits per heavy atom. The van der Waals surface area contributed by atoms with Crippen LogP contribution >= 0.6 is 10.6 Å². The number of carbonyl (C=O) groups excluding carboxylic acids is 2. The van der Waals surface area contributed by atoms with Crippen molar-refractivity contribution in [3.05, 3.63) is 88.5 Å². The molecule has 0 aromatic heterocycles. The van der Waals surface area contributed by atoms with Crippen LogP contribution in [0.4, 0.5) is 11.4 Å². The quantitative estimate of drug-likeness (QED) is 0.200. The van der Waals surface area contributed by atoms with E-state index in [1.165, 1.54) is 23.1 Å². The molecular formula is C30H34N2O10S2. The SMILES string of the molecule is CN(C(=O)COCC(=O)O)c1ccc2c(c1)C(C)(C)C(=CC=CC=C1C(=O)c3ccccc3S1(O)O)N2CCCS(=O)(=O)O. The number of carbonyl (C=O) groups is 3. The molecule has 12 nitrogen and oxygen atoms in total. The number of Topliss-reactive ketones (excluding diaryl/α,β-unsaturated/α-hetero) is 1. The summed E-state index contributed by atoms with van der Waals surface area (Å²) in [5.74, 6) is -2.54. The molecule has 0 fully saturated rings. The molecule has 0 unspecified atom stereocenters. The second kappa shape index (κ2) is 12.7. The van der Waals surface area contributed by atoms with Gasteiger partial charge in [0.2, 0.25) is 5.78 Å². The van der Waals surface area contributed by atoms with Crippen LogP contribution in [0.25, 0.3) is 0 Å². The number of likely N-dealkylation sites (N-methyl/N-ethyl adjacent to an activating group) is 1. The fourth-order valence-electron chi connectivity index (χ4n) is 5.23. The molecule has 2 aromatic carbocycles. The molecule has 0 atom stereocenters. The molecule has 0 bridgehead atoms. The van der Waals surface area contributed by atoms with Crippen LogP contribution in [-0.4, -0.2) is 77.4 Å². The Labute approximate surface area is 257 Å². The number of ketones is 1. The topological polar surface area (TPSA) is 182 Å². The second-order valence-electron chi connectivity index (χ2n) is 10.8. The van der Waals surface area contributed by atoms with E-state index < -0.39 is 62.7 Å². The van der Waals surface area contributed by atoms with Crippen molar-refractivity contribution in [1.29, 1.82) is 0 Å². The molecule has 4 N–H and O–H groups in total. The lowest BCUT2D eigenvalue weighted by molar-refractivity contribution is -0.143. The highest BCUT2D eigenvalue weighted by Gasteiger charge is 2.41. The van der Waals surface area contributed by atoms with Gasteiger partial charge in [0, 0.05) is 41.6 Å². The second-order valence-corrected chi connectivity index (χ2v) is 14.3. The Morgan fingerprint density at radius 1 is 1.07 bits per heavy atom. The normalized spacial score (nSPS) is 19.4. The summed E-state index contributed by atoms with van der Waals surface area (Å²) in [5, 5.41) is 8.75. The zero-order chi connectivity index (χ0) is 32.4. The number of hydrogen-bond donors (Lipinski definition) is 4. The molecule has 14 heteroatoms. The van der Waals surface area contributed by atoms with Crippen molar-refractivity contribution in [2.45, 2.75) is 30.6 Å². The van der Waals surface area contributed by atoms with E-state index in [1.807, 2.05) is 24.8 Å². The van der Waals surface area contributed by atoms with E-state index in [4.69, 9.17) is 9.84 Å². The summed E-state index contributed by atoms with van der Waals surface area (Å²) in [6.45, 7) is 3.11. The fourth-order valence-corrected chi connectivity index (χ4v) is 7.33. The third-order valence-electron chi connectivity index (χ3n) is 7.45. The first-order valence-electron chi connectivity index (χ1n) is 13.5. The highest BCUT2D eigenvalue weighted by molar-refractivity contribution is 8.28. The predicted octanol–water partition coefficient (Wildman–Crippen LogP) is 4.46. The van der Waals surface area contributed by atoms with Gasteiger partial charge >= 0.3 is 5.97 Å². The van der Waals surface area contributed by atoms with Gasteiger partial charge in [-0.05, 0) is 54.5 Å². The number of carboxylic acid groups (broad SMARTS) is 1. The monoisotopic (exact) mass is 646 g/mol. The van der Waals surface area contributed by atoms with Gasteiger partial charge in [-0.25, -0.2) is 4.79 Å². The minimum absolute atomic E-state index is 0.114. The van der Waals surface area contributed by atoms with Crippen LogP contribution in [0.5, 0.6) is 0 Å². The lowest BCUT2D eigenvalue weighted by atomic mass is 9.83. The standard InChI is InChI=1S/C30H34N2O10S2/c1-30(2)22-17-20(31(3)27(33)18-42-19-28(34)35)13-14-23(22)32(15-8-16-43(37,38)39)26(30)12-7-6-11-25-29(36)21-9-4-5-10-24(21)44(25,40)41/h4-7,9-14,17,40-41H,8,15-16,18-19H2,1-3H3,(H,34,35)(H,37,38,39). The smallest absolute Gasteiger partial charge is 0.329 e. The van der Waals surface area contributed by atoms with E-state index in [2.05, 4.69) is 0 Å². The van der Waals surface area contributed by atoms with E-state index in [0.717, 1.165) is 16.9 Å². The van der Waals surface area contributed by atoms with Gasteiger partial charge in [-0.3, -0.25) is 23.2 Å². The Balaban J connectivity index is 1.65. The van der Waals surface area contributed by atoms with Crippen LogP contribution in [-0.2, 0) is 29.9 Å². The first kappa shape index (κ1) is 33.1. The summed E-state index contributed by atoms with van der Waals surface area (Å²) in [6.07, 6.45) is 6.45. The number of aliphatic carboxylic acids is 1. The van der Waals surface area contributed by atoms with E-state index in [9.17, 15) is 36.5 Å². The van der Waals surface area contributed by atoms with E-state index in [1.54, 1.807) is 49.5 Å². The molecule has 2 aliphatic rings. The maximum absolute atomic E-state index is 12.8. The van der Waals surface area contributed by atoms with Crippen molar-refractivity contribution >= 4 is 49.7 Å². The summed E-state index contributed by atoms with van der Waals surface area (Å²) in [4.78, 5) is 39.5. The summed E-state index contributed by atoms with van der Waals surface area (Å²) in [5.41, 5.74) is 2.45. The molecule has 0 saturated heterocycles. The molecule has 0 radical (unpaired) electrons. The Kier molecular flexibility index (Phi) is 9.54. The highest BCUT2D eigenvalue weighted by atomic mass is 32.3.